The van der Waals surface area contributed by atoms with Crippen molar-refractivity contribution in [3.8, 4) is 0 Å². The maximum absolute atomic E-state index is 13.6. The minimum absolute atomic E-state index is 0.106. The van der Waals surface area contributed by atoms with Gasteiger partial charge in [0.05, 0.1) is 18.7 Å². The number of rotatable bonds is 6. The van der Waals surface area contributed by atoms with Gasteiger partial charge in [0.25, 0.3) is 5.91 Å². The van der Waals surface area contributed by atoms with Gasteiger partial charge in [-0.05, 0) is 35.7 Å². The van der Waals surface area contributed by atoms with Crippen molar-refractivity contribution in [2.75, 3.05) is 4.90 Å². The van der Waals surface area contributed by atoms with E-state index in [9.17, 15) is 19.1 Å². The maximum Gasteiger partial charge on any atom is 0.264 e. The highest BCUT2D eigenvalue weighted by Gasteiger charge is 2.50. The first-order valence-corrected chi connectivity index (χ1v) is 9.93. The molecule has 0 saturated carbocycles. The predicted molar refractivity (Wildman–Crippen MR) is 113 cm³/mol. The second-order valence-electron chi connectivity index (χ2n) is 7.55. The van der Waals surface area contributed by atoms with Crippen molar-refractivity contribution < 1.29 is 19.1 Å². The van der Waals surface area contributed by atoms with Crippen molar-refractivity contribution in [1.29, 1.82) is 0 Å². The Morgan fingerprint density at radius 1 is 1.00 bits per heavy atom. The van der Waals surface area contributed by atoms with Crippen LogP contribution in [0.1, 0.15) is 40.4 Å². The molecule has 1 aliphatic rings. The van der Waals surface area contributed by atoms with Gasteiger partial charge in [-0.2, -0.15) is 0 Å². The molecule has 0 bridgehead atoms. The zero-order chi connectivity index (χ0) is 21.3. The number of carbonyl (C=O) groups is 2. The highest BCUT2D eigenvalue weighted by molar-refractivity contribution is 6.10. The van der Waals surface area contributed by atoms with Gasteiger partial charge in [0, 0.05) is 11.1 Å². The number of para-hydroxylation sites is 1. The largest absolute Gasteiger partial charge is 0.375 e. The summed E-state index contributed by atoms with van der Waals surface area (Å²) in [7, 11) is 0. The van der Waals surface area contributed by atoms with Crippen LogP contribution < -0.4 is 4.90 Å². The van der Waals surface area contributed by atoms with Crippen molar-refractivity contribution in [2.45, 2.75) is 31.9 Å². The van der Waals surface area contributed by atoms with E-state index in [2.05, 4.69) is 0 Å². The molecule has 0 aliphatic carbocycles. The Hall–Kier alpha value is -3.31. The molecule has 1 amide bonds. The zero-order valence-electron chi connectivity index (χ0n) is 16.6. The van der Waals surface area contributed by atoms with Gasteiger partial charge < -0.3 is 10.0 Å². The van der Waals surface area contributed by atoms with Gasteiger partial charge in [-0.3, -0.25) is 9.59 Å². The van der Waals surface area contributed by atoms with E-state index in [4.69, 9.17) is 0 Å². The summed E-state index contributed by atoms with van der Waals surface area (Å²) in [6.45, 7) is 2.14. The number of carbonyl (C=O) groups excluding carboxylic acids is 2. The Morgan fingerprint density at radius 3 is 2.43 bits per heavy atom. The number of nitrogens with zero attached hydrogens (tertiary/aromatic N) is 1. The van der Waals surface area contributed by atoms with Gasteiger partial charge in [-0.15, -0.1) is 0 Å². The fraction of sp³-hybridized carbons (Fsp3) is 0.200. The van der Waals surface area contributed by atoms with E-state index >= 15 is 0 Å². The number of aliphatic hydroxyl groups is 1. The van der Waals surface area contributed by atoms with E-state index in [0.717, 1.165) is 12.0 Å². The number of ketones is 1. The van der Waals surface area contributed by atoms with E-state index in [1.54, 1.807) is 48.5 Å². The van der Waals surface area contributed by atoms with E-state index in [1.165, 1.54) is 17.0 Å². The molecule has 1 atom stereocenters. The number of fused-ring (bicyclic) bond motifs is 1. The van der Waals surface area contributed by atoms with Crippen molar-refractivity contribution in [3.05, 3.63) is 101 Å². The third-order valence-electron chi connectivity index (χ3n) is 5.57. The Labute approximate surface area is 174 Å². The summed E-state index contributed by atoms with van der Waals surface area (Å²) in [5, 5.41) is 11.4. The molecule has 1 aliphatic heterocycles. The van der Waals surface area contributed by atoms with Crippen molar-refractivity contribution >= 4 is 17.4 Å². The van der Waals surface area contributed by atoms with Crippen LogP contribution in [0.5, 0.6) is 0 Å². The molecule has 0 aromatic heterocycles. The molecule has 4 rings (SSSR count). The topological polar surface area (TPSA) is 57.6 Å². The quantitative estimate of drug-likeness (QED) is 0.621. The third-order valence-corrected chi connectivity index (χ3v) is 5.57. The lowest BCUT2D eigenvalue weighted by molar-refractivity contribution is -0.136. The third kappa shape index (κ3) is 3.53. The number of benzene rings is 3. The number of hydrogen-bond donors (Lipinski definition) is 1. The van der Waals surface area contributed by atoms with Crippen LogP contribution >= 0.6 is 0 Å². The molecule has 3 aromatic carbocycles. The van der Waals surface area contributed by atoms with Gasteiger partial charge in [0.2, 0.25) is 0 Å². The molecule has 1 N–H and O–H groups in total. The molecule has 0 radical (unpaired) electrons. The van der Waals surface area contributed by atoms with Crippen LogP contribution in [0, 0.1) is 5.82 Å². The van der Waals surface area contributed by atoms with Gasteiger partial charge in [0.1, 0.15) is 5.82 Å². The summed E-state index contributed by atoms with van der Waals surface area (Å²) >= 11 is 0. The number of aryl methyl sites for hydroxylation is 1. The maximum atomic E-state index is 13.6. The fourth-order valence-electron chi connectivity index (χ4n) is 3.91. The molecule has 30 heavy (non-hydrogen) atoms. The standard InChI is InChI=1S/C25H22FNO3/c1-2-17-10-12-19(13-11-17)23(28)15-25(30)21-8-3-4-9-22(21)27(24(25)29)16-18-6-5-7-20(26)14-18/h3-14,30H,2,15-16H2,1H3/t25-/m0/s1. The fourth-order valence-corrected chi connectivity index (χ4v) is 3.91. The second kappa shape index (κ2) is 7.84. The number of halogens is 1. The molecule has 152 valence electrons. The number of hydrogen-bond acceptors (Lipinski definition) is 3. The van der Waals surface area contributed by atoms with E-state index < -0.39 is 17.3 Å². The molecule has 0 spiro atoms. The van der Waals surface area contributed by atoms with E-state index in [0.29, 0.717) is 22.4 Å². The summed E-state index contributed by atoms with van der Waals surface area (Å²) in [5.74, 6) is -1.28. The lowest BCUT2D eigenvalue weighted by atomic mass is 9.88. The van der Waals surface area contributed by atoms with Crippen molar-refractivity contribution in [1.82, 2.24) is 0 Å². The molecule has 5 heteroatoms. The Balaban J connectivity index is 1.65. The first kappa shape index (κ1) is 20.0. The lowest BCUT2D eigenvalue weighted by Crippen LogP contribution is -2.41. The molecule has 1 heterocycles. The average Bonchev–Trinajstić information content (AvgIpc) is 2.96. The number of amides is 1. The summed E-state index contributed by atoms with van der Waals surface area (Å²) in [4.78, 5) is 27.6. The van der Waals surface area contributed by atoms with Gasteiger partial charge >= 0.3 is 0 Å². The second-order valence-corrected chi connectivity index (χ2v) is 7.55. The normalized spacial score (nSPS) is 17.8. The van der Waals surface area contributed by atoms with Crippen LogP contribution in [0.25, 0.3) is 0 Å². The van der Waals surface area contributed by atoms with Crippen LogP contribution in [0.2, 0.25) is 0 Å². The van der Waals surface area contributed by atoms with Crippen LogP contribution in [0.4, 0.5) is 10.1 Å². The van der Waals surface area contributed by atoms with Crippen LogP contribution in [0.15, 0.2) is 72.8 Å². The smallest absolute Gasteiger partial charge is 0.264 e. The summed E-state index contributed by atoms with van der Waals surface area (Å²) in [6.07, 6.45) is 0.507. The Kier molecular flexibility index (Phi) is 5.22. The minimum atomic E-state index is -1.95. The highest BCUT2D eigenvalue weighted by Crippen LogP contribution is 2.43. The highest BCUT2D eigenvalue weighted by atomic mass is 19.1. The molecular formula is C25H22FNO3. The monoisotopic (exact) mass is 403 g/mol. The van der Waals surface area contributed by atoms with Crippen LogP contribution in [-0.2, 0) is 23.4 Å². The average molecular weight is 403 g/mol. The molecular weight excluding hydrogens is 381 g/mol. The molecule has 0 fully saturated rings. The first-order valence-electron chi connectivity index (χ1n) is 9.93. The molecule has 3 aromatic rings. The van der Waals surface area contributed by atoms with Crippen molar-refractivity contribution in [2.24, 2.45) is 0 Å². The number of anilines is 1. The minimum Gasteiger partial charge on any atom is -0.375 e. The molecule has 0 saturated heterocycles. The Morgan fingerprint density at radius 2 is 1.73 bits per heavy atom. The first-order chi connectivity index (χ1) is 14.4. The van der Waals surface area contributed by atoms with Crippen LogP contribution in [0.3, 0.4) is 0 Å². The van der Waals surface area contributed by atoms with Crippen LogP contribution in [-0.4, -0.2) is 16.8 Å². The zero-order valence-corrected chi connectivity index (χ0v) is 16.6. The molecule has 0 unspecified atom stereocenters. The summed E-state index contributed by atoms with van der Waals surface area (Å²) in [6, 6.07) is 20.1. The van der Waals surface area contributed by atoms with Gasteiger partial charge in [-0.1, -0.05) is 61.5 Å². The summed E-state index contributed by atoms with van der Waals surface area (Å²) < 4.78 is 13.6. The van der Waals surface area contributed by atoms with E-state index in [1.807, 2.05) is 19.1 Å². The van der Waals surface area contributed by atoms with Gasteiger partial charge in [0.15, 0.2) is 11.4 Å². The Bertz CT molecular complexity index is 1110. The van der Waals surface area contributed by atoms with Gasteiger partial charge in [-0.25, -0.2) is 4.39 Å². The SMILES string of the molecule is CCc1ccc(C(=O)C[C@@]2(O)C(=O)N(Cc3cccc(F)c3)c3ccccc32)cc1. The number of Topliss-reactive ketones (excluding diaryl/α,β-unsaturated/α-hetero) is 1. The summed E-state index contributed by atoms with van der Waals surface area (Å²) in [5.41, 5.74) is 1.13. The predicted octanol–water partition coefficient (Wildman–Crippen LogP) is 4.40. The lowest BCUT2D eigenvalue weighted by Gasteiger charge is -2.23. The van der Waals surface area contributed by atoms with Crippen molar-refractivity contribution in [3.63, 3.8) is 0 Å². The molecule has 4 nitrogen and oxygen atoms in total. The van der Waals surface area contributed by atoms with E-state index in [-0.39, 0.29) is 18.7 Å².